The van der Waals surface area contributed by atoms with Crippen molar-refractivity contribution < 1.29 is 9.47 Å². The van der Waals surface area contributed by atoms with E-state index in [4.69, 9.17) is 9.47 Å². The van der Waals surface area contributed by atoms with Crippen molar-refractivity contribution in [1.82, 2.24) is 15.1 Å². The molecule has 0 fully saturated rings. The summed E-state index contributed by atoms with van der Waals surface area (Å²) in [5, 5.41) is 7.37. The molecule has 0 bridgehead atoms. The first-order valence-electron chi connectivity index (χ1n) is 5.61. The number of methoxy groups -OCH3 is 1. The van der Waals surface area contributed by atoms with Crippen molar-refractivity contribution in [3.63, 3.8) is 0 Å². The Bertz CT molecular complexity index is 289. The zero-order valence-electron chi connectivity index (χ0n) is 10.3. The summed E-state index contributed by atoms with van der Waals surface area (Å²) in [7, 11) is 3.55. The summed E-state index contributed by atoms with van der Waals surface area (Å²) in [5.41, 5.74) is 0. The van der Waals surface area contributed by atoms with Crippen LogP contribution >= 0.6 is 0 Å². The molecule has 1 aromatic heterocycles. The second-order valence-corrected chi connectivity index (χ2v) is 3.75. The lowest BCUT2D eigenvalue weighted by Crippen LogP contribution is -2.35. The van der Waals surface area contributed by atoms with E-state index < -0.39 is 0 Å². The minimum Gasteiger partial charge on any atom is -0.483 e. The number of nitrogens with one attached hydrogen (secondary N) is 1. The maximum Gasteiger partial charge on any atom is 0.157 e. The first-order chi connectivity index (χ1) is 7.76. The van der Waals surface area contributed by atoms with Crippen molar-refractivity contribution in [1.29, 1.82) is 0 Å². The summed E-state index contributed by atoms with van der Waals surface area (Å²) < 4.78 is 12.6. The van der Waals surface area contributed by atoms with Gasteiger partial charge < -0.3 is 14.8 Å². The monoisotopic (exact) mass is 227 g/mol. The number of hydrogen-bond donors (Lipinski definition) is 1. The zero-order valence-corrected chi connectivity index (χ0v) is 10.3. The van der Waals surface area contributed by atoms with E-state index in [2.05, 4.69) is 17.3 Å². The molecule has 16 heavy (non-hydrogen) atoms. The summed E-state index contributed by atoms with van der Waals surface area (Å²) >= 11 is 0. The molecular weight excluding hydrogens is 206 g/mol. The predicted molar refractivity (Wildman–Crippen MR) is 62.7 cm³/mol. The Labute approximate surface area is 96.7 Å². The van der Waals surface area contributed by atoms with E-state index in [9.17, 15) is 0 Å². The lowest BCUT2D eigenvalue weighted by molar-refractivity contribution is 0.0807. The van der Waals surface area contributed by atoms with Crippen molar-refractivity contribution in [2.75, 3.05) is 26.8 Å². The van der Waals surface area contributed by atoms with Gasteiger partial charge in [0, 0.05) is 20.7 Å². The quantitative estimate of drug-likeness (QED) is 0.668. The summed E-state index contributed by atoms with van der Waals surface area (Å²) in [6, 6.07) is 0. The molecule has 1 atom stereocenters. The highest BCUT2D eigenvalue weighted by atomic mass is 16.5. The van der Waals surface area contributed by atoms with Crippen LogP contribution in [0.5, 0.6) is 5.75 Å². The molecule has 0 saturated heterocycles. The van der Waals surface area contributed by atoms with Gasteiger partial charge in [-0.2, -0.15) is 5.10 Å². The SMILES string of the molecule is CCCNCC(COC)Oc1cnn(C)c1. The third-order valence-corrected chi connectivity index (χ3v) is 2.14. The molecule has 1 unspecified atom stereocenters. The molecule has 0 aliphatic heterocycles. The van der Waals surface area contributed by atoms with E-state index in [1.54, 1.807) is 18.0 Å². The fraction of sp³-hybridized carbons (Fsp3) is 0.727. The van der Waals surface area contributed by atoms with Gasteiger partial charge in [-0.25, -0.2) is 0 Å². The van der Waals surface area contributed by atoms with Crippen LogP contribution in [0.1, 0.15) is 13.3 Å². The van der Waals surface area contributed by atoms with Crippen LogP contribution in [0, 0.1) is 0 Å². The Morgan fingerprint density at radius 3 is 2.94 bits per heavy atom. The second kappa shape index (κ2) is 7.24. The molecule has 5 heteroatoms. The van der Waals surface area contributed by atoms with E-state index in [0.29, 0.717) is 6.61 Å². The highest BCUT2D eigenvalue weighted by molar-refractivity contribution is 5.11. The lowest BCUT2D eigenvalue weighted by atomic mass is 10.3. The van der Waals surface area contributed by atoms with Crippen LogP contribution < -0.4 is 10.1 Å². The Morgan fingerprint density at radius 2 is 2.38 bits per heavy atom. The number of rotatable bonds is 8. The third kappa shape index (κ3) is 4.63. The second-order valence-electron chi connectivity index (χ2n) is 3.75. The van der Waals surface area contributed by atoms with Crippen molar-refractivity contribution in [2.24, 2.45) is 7.05 Å². The average Bonchev–Trinajstić information content (AvgIpc) is 2.65. The lowest BCUT2D eigenvalue weighted by Gasteiger charge is -2.17. The summed E-state index contributed by atoms with van der Waals surface area (Å²) in [4.78, 5) is 0. The van der Waals surface area contributed by atoms with Gasteiger partial charge in [0.15, 0.2) is 5.75 Å². The van der Waals surface area contributed by atoms with E-state index in [0.717, 1.165) is 25.3 Å². The summed E-state index contributed by atoms with van der Waals surface area (Å²) in [5.74, 6) is 0.780. The summed E-state index contributed by atoms with van der Waals surface area (Å²) in [6.45, 7) is 4.50. The van der Waals surface area contributed by atoms with Crippen LogP contribution in [0.15, 0.2) is 12.4 Å². The van der Waals surface area contributed by atoms with Crippen molar-refractivity contribution >= 4 is 0 Å². The zero-order chi connectivity index (χ0) is 11.8. The van der Waals surface area contributed by atoms with Gasteiger partial charge in [-0.3, -0.25) is 4.68 Å². The van der Waals surface area contributed by atoms with Gasteiger partial charge in [0.05, 0.1) is 19.0 Å². The van der Waals surface area contributed by atoms with Crippen molar-refractivity contribution in [2.45, 2.75) is 19.4 Å². The number of aromatic nitrogens is 2. The maximum atomic E-state index is 5.75. The minimum absolute atomic E-state index is 0.0285. The third-order valence-electron chi connectivity index (χ3n) is 2.14. The highest BCUT2D eigenvalue weighted by Gasteiger charge is 2.10. The Balaban J connectivity index is 2.37. The first kappa shape index (κ1) is 13.0. The molecule has 0 spiro atoms. The van der Waals surface area contributed by atoms with E-state index in [-0.39, 0.29) is 6.10 Å². The number of nitrogens with zero attached hydrogens (tertiary/aromatic N) is 2. The van der Waals surface area contributed by atoms with Gasteiger partial charge in [0.2, 0.25) is 0 Å². The molecule has 1 rings (SSSR count). The topological polar surface area (TPSA) is 48.3 Å². The number of ether oxygens (including phenoxy) is 2. The molecular formula is C11H21N3O2. The fourth-order valence-corrected chi connectivity index (χ4v) is 1.41. The molecule has 0 saturated carbocycles. The Morgan fingerprint density at radius 1 is 1.56 bits per heavy atom. The standard InChI is InChI=1S/C11H21N3O2/c1-4-5-12-6-11(9-15-3)16-10-7-13-14(2)8-10/h7-8,11-12H,4-6,9H2,1-3H3. The smallest absolute Gasteiger partial charge is 0.157 e. The predicted octanol–water partition coefficient (Wildman–Crippen LogP) is 0.813. The molecule has 1 heterocycles. The van der Waals surface area contributed by atoms with Gasteiger partial charge in [-0.1, -0.05) is 6.92 Å². The molecule has 92 valence electrons. The average molecular weight is 227 g/mol. The van der Waals surface area contributed by atoms with Gasteiger partial charge in [-0.05, 0) is 13.0 Å². The van der Waals surface area contributed by atoms with Crippen LogP contribution in [0.4, 0.5) is 0 Å². The normalized spacial score (nSPS) is 12.7. The summed E-state index contributed by atoms with van der Waals surface area (Å²) in [6.07, 6.45) is 4.71. The number of hydrogen-bond acceptors (Lipinski definition) is 4. The van der Waals surface area contributed by atoms with Gasteiger partial charge in [-0.15, -0.1) is 0 Å². The molecule has 0 aromatic carbocycles. The van der Waals surface area contributed by atoms with Crippen LogP contribution in [-0.4, -0.2) is 42.7 Å². The molecule has 0 amide bonds. The van der Waals surface area contributed by atoms with Crippen molar-refractivity contribution in [3.8, 4) is 5.75 Å². The van der Waals surface area contributed by atoms with Crippen LogP contribution in [0.25, 0.3) is 0 Å². The van der Waals surface area contributed by atoms with Crippen LogP contribution in [0.3, 0.4) is 0 Å². The Hall–Kier alpha value is -1.07. The molecule has 1 N–H and O–H groups in total. The molecule has 1 aromatic rings. The highest BCUT2D eigenvalue weighted by Crippen LogP contribution is 2.09. The first-order valence-corrected chi connectivity index (χ1v) is 5.61. The van der Waals surface area contributed by atoms with Crippen LogP contribution in [0.2, 0.25) is 0 Å². The van der Waals surface area contributed by atoms with Gasteiger partial charge >= 0.3 is 0 Å². The van der Waals surface area contributed by atoms with Gasteiger partial charge in [0.25, 0.3) is 0 Å². The molecule has 0 aliphatic carbocycles. The van der Waals surface area contributed by atoms with Crippen molar-refractivity contribution in [3.05, 3.63) is 12.4 Å². The van der Waals surface area contributed by atoms with E-state index in [1.807, 2.05) is 13.2 Å². The van der Waals surface area contributed by atoms with E-state index >= 15 is 0 Å². The Kier molecular flexibility index (Phi) is 5.88. The largest absolute Gasteiger partial charge is 0.483 e. The van der Waals surface area contributed by atoms with Crippen LogP contribution in [-0.2, 0) is 11.8 Å². The maximum absolute atomic E-state index is 5.75. The number of aryl methyl sites for hydroxylation is 1. The molecule has 5 nitrogen and oxygen atoms in total. The molecule has 0 aliphatic rings. The fourth-order valence-electron chi connectivity index (χ4n) is 1.41. The van der Waals surface area contributed by atoms with Gasteiger partial charge in [0.1, 0.15) is 6.10 Å². The van der Waals surface area contributed by atoms with E-state index in [1.165, 1.54) is 0 Å². The minimum atomic E-state index is 0.0285. The molecule has 0 radical (unpaired) electrons.